The Morgan fingerprint density at radius 2 is 1.62 bits per heavy atom. The second kappa shape index (κ2) is 5.57. The van der Waals surface area contributed by atoms with Crippen LogP contribution in [0.25, 0.3) is 0 Å². The van der Waals surface area contributed by atoms with E-state index >= 15 is 0 Å². The first-order chi connectivity index (χ1) is 9.70. The highest BCUT2D eigenvalue weighted by Crippen LogP contribution is 2.28. The smallest absolute Gasteiger partial charge is 0.263 e. The summed E-state index contributed by atoms with van der Waals surface area (Å²) in [7, 11) is -4.27. The van der Waals surface area contributed by atoms with Crippen molar-refractivity contribution in [2.45, 2.75) is 4.90 Å². The summed E-state index contributed by atoms with van der Waals surface area (Å²) >= 11 is 3.00. The van der Waals surface area contributed by atoms with Crippen LogP contribution < -0.4 is 10.5 Å². The fourth-order valence-corrected chi connectivity index (χ4v) is 3.74. The first-order valence-electron chi connectivity index (χ1n) is 5.43. The zero-order chi connectivity index (χ0) is 15.8. The van der Waals surface area contributed by atoms with E-state index in [0.29, 0.717) is 17.8 Å². The molecule has 9 heteroatoms. The molecule has 0 amide bonds. The molecule has 0 unspecified atom stereocenters. The molecule has 0 bridgehead atoms. The van der Waals surface area contributed by atoms with E-state index in [4.69, 9.17) is 5.73 Å². The molecule has 0 saturated carbocycles. The second-order valence-corrected chi connectivity index (χ2v) is 6.54. The Balaban J connectivity index is 2.47. The van der Waals surface area contributed by atoms with Crippen molar-refractivity contribution in [1.82, 2.24) is 0 Å². The third-order valence-corrected chi connectivity index (χ3v) is 4.82. The van der Waals surface area contributed by atoms with Crippen LogP contribution in [0.15, 0.2) is 39.7 Å². The summed E-state index contributed by atoms with van der Waals surface area (Å²) in [4.78, 5) is -0.264. The molecule has 0 radical (unpaired) electrons. The molecule has 0 aliphatic rings. The van der Waals surface area contributed by atoms with Crippen LogP contribution in [0.5, 0.6) is 0 Å². The van der Waals surface area contributed by atoms with E-state index in [9.17, 15) is 21.6 Å². The quantitative estimate of drug-likeness (QED) is 0.802. The minimum atomic E-state index is -4.27. The summed E-state index contributed by atoms with van der Waals surface area (Å²) in [6, 6.07) is 4.56. The highest BCUT2D eigenvalue weighted by atomic mass is 79.9. The Hall–Kier alpha value is -1.74. The van der Waals surface area contributed by atoms with Gasteiger partial charge in [-0.25, -0.2) is 21.6 Å². The van der Waals surface area contributed by atoms with Gasteiger partial charge in [0.15, 0.2) is 11.6 Å². The molecule has 2 aromatic rings. The number of halogens is 4. The molecule has 0 aliphatic heterocycles. The Morgan fingerprint density at radius 1 is 1.05 bits per heavy atom. The van der Waals surface area contributed by atoms with Crippen molar-refractivity contribution in [1.29, 1.82) is 0 Å². The second-order valence-electron chi connectivity index (χ2n) is 4.04. The van der Waals surface area contributed by atoms with E-state index in [1.807, 2.05) is 0 Å². The van der Waals surface area contributed by atoms with Crippen LogP contribution in [0.2, 0.25) is 0 Å². The maximum atomic E-state index is 13.5. The number of nitrogens with two attached hydrogens (primary N) is 1. The van der Waals surface area contributed by atoms with Gasteiger partial charge in [-0.3, -0.25) is 4.72 Å². The molecule has 0 fully saturated rings. The van der Waals surface area contributed by atoms with Gasteiger partial charge in [-0.15, -0.1) is 0 Å². The lowest BCUT2D eigenvalue weighted by atomic mass is 10.3. The maximum absolute atomic E-state index is 13.5. The molecule has 2 rings (SSSR count). The molecule has 4 nitrogen and oxygen atoms in total. The van der Waals surface area contributed by atoms with Crippen LogP contribution in [0.4, 0.5) is 24.5 Å². The van der Waals surface area contributed by atoms with E-state index in [0.717, 1.165) is 0 Å². The van der Waals surface area contributed by atoms with E-state index in [2.05, 4.69) is 15.9 Å². The van der Waals surface area contributed by atoms with Crippen molar-refractivity contribution < 1.29 is 21.6 Å². The number of rotatable bonds is 3. The van der Waals surface area contributed by atoms with Crippen LogP contribution >= 0.6 is 15.9 Å². The summed E-state index contributed by atoms with van der Waals surface area (Å²) in [5, 5.41) is 0. The molecule has 0 aliphatic carbocycles. The largest absolute Gasteiger partial charge is 0.399 e. The number of nitrogens with one attached hydrogen (secondary N) is 1. The number of sulfonamides is 1. The predicted octanol–water partition coefficient (Wildman–Crippen LogP) is 3.25. The predicted molar refractivity (Wildman–Crippen MR) is 75.7 cm³/mol. The van der Waals surface area contributed by atoms with Gasteiger partial charge in [0.25, 0.3) is 10.0 Å². The molecule has 0 heterocycles. The standard InChI is InChI=1S/C12H8BrF3N2O2S/c13-8-5-7(17)1-2-11(8)21(19,20)18-12-9(15)3-6(14)4-10(12)16/h1-5,18H,17H2. The SMILES string of the molecule is Nc1ccc(S(=O)(=O)Nc2c(F)cc(F)cc2F)c(Br)c1. The van der Waals surface area contributed by atoms with Gasteiger partial charge in [0, 0.05) is 22.3 Å². The molecule has 0 aromatic heterocycles. The van der Waals surface area contributed by atoms with Crippen LogP contribution in [0, 0.1) is 17.5 Å². The van der Waals surface area contributed by atoms with Crippen molar-refractivity contribution in [3.05, 3.63) is 52.3 Å². The van der Waals surface area contributed by atoms with E-state index in [1.165, 1.54) is 18.2 Å². The van der Waals surface area contributed by atoms with Crippen molar-refractivity contribution in [3.8, 4) is 0 Å². The number of benzene rings is 2. The van der Waals surface area contributed by atoms with Crippen LogP contribution in [0.1, 0.15) is 0 Å². The topological polar surface area (TPSA) is 72.2 Å². The van der Waals surface area contributed by atoms with Gasteiger partial charge in [0.1, 0.15) is 16.4 Å². The first kappa shape index (κ1) is 15.6. The summed E-state index contributed by atoms with van der Waals surface area (Å²) in [6.45, 7) is 0. The summed E-state index contributed by atoms with van der Waals surface area (Å²) in [5.74, 6) is -3.87. The normalized spacial score (nSPS) is 11.4. The molecular formula is C12H8BrF3N2O2S. The number of hydrogen-bond donors (Lipinski definition) is 2. The molecule has 0 atom stereocenters. The van der Waals surface area contributed by atoms with Crippen molar-refractivity contribution >= 4 is 37.3 Å². The lowest BCUT2D eigenvalue weighted by Crippen LogP contribution is -2.16. The van der Waals surface area contributed by atoms with E-state index in [1.54, 1.807) is 4.72 Å². The fourth-order valence-electron chi connectivity index (χ4n) is 1.56. The van der Waals surface area contributed by atoms with Gasteiger partial charge < -0.3 is 5.73 Å². The average molecular weight is 381 g/mol. The van der Waals surface area contributed by atoms with Crippen molar-refractivity contribution in [2.24, 2.45) is 0 Å². The van der Waals surface area contributed by atoms with Gasteiger partial charge in [-0.1, -0.05) is 0 Å². The highest BCUT2D eigenvalue weighted by Gasteiger charge is 2.22. The Kier molecular flexibility index (Phi) is 4.15. The average Bonchev–Trinajstić information content (AvgIpc) is 2.33. The molecule has 21 heavy (non-hydrogen) atoms. The van der Waals surface area contributed by atoms with E-state index < -0.39 is 33.2 Å². The first-order valence-corrected chi connectivity index (χ1v) is 7.71. The Morgan fingerprint density at radius 3 is 2.14 bits per heavy atom. The van der Waals surface area contributed by atoms with Gasteiger partial charge in [-0.2, -0.15) is 0 Å². The third-order valence-electron chi connectivity index (χ3n) is 2.49. The monoisotopic (exact) mass is 380 g/mol. The number of hydrogen-bond acceptors (Lipinski definition) is 3. The van der Waals surface area contributed by atoms with Gasteiger partial charge >= 0.3 is 0 Å². The fraction of sp³-hybridized carbons (Fsp3) is 0. The maximum Gasteiger partial charge on any atom is 0.263 e. The van der Waals surface area contributed by atoms with Crippen LogP contribution in [-0.2, 0) is 10.0 Å². The summed E-state index contributed by atoms with van der Waals surface area (Å²) in [5.41, 5.74) is 4.83. The molecule has 112 valence electrons. The summed E-state index contributed by atoms with van der Waals surface area (Å²) in [6.07, 6.45) is 0. The van der Waals surface area contributed by atoms with Crippen LogP contribution in [0.3, 0.4) is 0 Å². The molecule has 0 spiro atoms. The minimum Gasteiger partial charge on any atom is -0.399 e. The minimum absolute atomic E-state index is 0.123. The Labute approximate surface area is 127 Å². The molecule has 3 N–H and O–H groups in total. The van der Waals surface area contributed by atoms with Crippen molar-refractivity contribution in [2.75, 3.05) is 10.5 Å². The Bertz CT molecular complexity index is 789. The third kappa shape index (κ3) is 3.30. The van der Waals surface area contributed by atoms with E-state index in [-0.39, 0.29) is 9.37 Å². The van der Waals surface area contributed by atoms with Crippen LogP contribution in [-0.4, -0.2) is 8.42 Å². The van der Waals surface area contributed by atoms with Gasteiger partial charge in [0.05, 0.1) is 0 Å². The molecule has 0 saturated heterocycles. The summed E-state index contributed by atoms with van der Waals surface area (Å²) < 4.78 is 65.9. The number of anilines is 2. The molecule has 2 aromatic carbocycles. The van der Waals surface area contributed by atoms with Gasteiger partial charge in [0.2, 0.25) is 0 Å². The lowest BCUT2D eigenvalue weighted by Gasteiger charge is -2.11. The zero-order valence-electron chi connectivity index (χ0n) is 10.2. The highest BCUT2D eigenvalue weighted by molar-refractivity contribution is 9.10. The molecular weight excluding hydrogens is 373 g/mol. The lowest BCUT2D eigenvalue weighted by molar-refractivity contribution is 0.547. The van der Waals surface area contributed by atoms with Gasteiger partial charge in [-0.05, 0) is 34.1 Å². The number of nitrogen functional groups attached to an aromatic ring is 1. The zero-order valence-corrected chi connectivity index (χ0v) is 12.6. The van der Waals surface area contributed by atoms with Crippen molar-refractivity contribution in [3.63, 3.8) is 0 Å².